The number of nitrogens with two attached hydrogens (primary N) is 1. The number of thiocarbonyl (C=S) groups is 1. The molecule has 0 saturated carbocycles. The molecular weight excluding hydrogens is 162 g/mol. The predicted octanol–water partition coefficient (Wildman–Crippen LogP) is -0.158. The van der Waals surface area contributed by atoms with Crippen molar-refractivity contribution >= 4 is 23.5 Å². The molecule has 1 saturated heterocycles. The van der Waals surface area contributed by atoms with E-state index in [4.69, 9.17) is 10.5 Å². The van der Waals surface area contributed by atoms with E-state index in [9.17, 15) is 0 Å². The molecule has 0 aromatic carbocycles. The molecular formula is C6H11N3OS. The summed E-state index contributed by atoms with van der Waals surface area (Å²) in [5, 5.41) is 4.00. The summed E-state index contributed by atoms with van der Waals surface area (Å²) in [6, 6.07) is 0. The zero-order chi connectivity index (χ0) is 8.10. The Hall–Kier alpha value is -0.680. The van der Waals surface area contributed by atoms with E-state index < -0.39 is 0 Å². The van der Waals surface area contributed by atoms with E-state index in [1.54, 1.807) is 6.21 Å². The lowest BCUT2D eigenvalue weighted by atomic mass is 10.1. The van der Waals surface area contributed by atoms with Gasteiger partial charge < -0.3 is 10.5 Å². The minimum Gasteiger partial charge on any atom is -0.381 e. The van der Waals surface area contributed by atoms with Gasteiger partial charge in [-0.15, -0.1) is 0 Å². The first kappa shape index (κ1) is 8.42. The Kier molecular flexibility index (Phi) is 3.25. The second kappa shape index (κ2) is 4.25. The van der Waals surface area contributed by atoms with E-state index in [0.717, 1.165) is 19.6 Å². The highest BCUT2D eigenvalue weighted by Crippen LogP contribution is 2.11. The van der Waals surface area contributed by atoms with Crippen LogP contribution in [0, 0.1) is 5.92 Å². The van der Waals surface area contributed by atoms with E-state index in [1.807, 2.05) is 0 Å². The number of ether oxygens (including phenoxy) is 1. The molecule has 0 amide bonds. The Bertz CT molecular complexity index is 167. The third-order valence-electron chi connectivity index (χ3n) is 1.41. The molecule has 1 aliphatic heterocycles. The summed E-state index contributed by atoms with van der Waals surface area (Å²) in [6.07, 6.45) is 2.70. The molecule has 0 aliphatic carbocycles. The van der Waals surface area contributed by atoms with Crippen LogP contribution in [0.1, 0.15) is 6.42 Å². The average Bonchev–Trinajstić information content (AvgIpc) is 1.82. The maximum Gasteiger partial charge on any atom is 0.184 e. The summed E-state index contributed by atoms with van der Waals surface area (Å²) in [5.41, 5.74) is 7.62. The van der Waals surface area contributed by atoms with Gasteiger partial charge >= 0.3 is 0 Å². The van der Waals surface area contributed by atoms with Crippen LogP contribution in [0.4, 0.5) is 0 Å². The van der Waals surface area contributed by atoms with E-state index in [-0.39, 0.29) is 5.11 Å². The number of nitrogens with zero attached hydrogens (tertiary/aromatic N) is 1. The van der Waals surface area contributed by atoms with Gasteiger partial charge in [-0.05, 0) is 18.6 Å². The molecule has 0 aromatic heterocycles. The number of hydrazone groups is 1. The fraction of sp³-hybridized carbons (Fsp3) is 0.667. The number of rotatable bonds is 3. The molecule has 0 aromatic rings. The van der Waals surface area contributed by atoms with Crippen LogP contribution >= 0.6 is 12.2 Å². The van der Waals surface area contributed by atoms with Crippen LogP contribution in [0.3, 0.4) is 0 Å². The molecule has 0 radical (unpaired) electrons. The highest BCUT2D eigenvalue weighted by Gasteiger charge is 2.16. The van der Waals surface area contributed by atoms with Crippen molar-refractivity contribution in [3.63, 3.8) is 0 Å². The van der Waals surface area contributed by atoms with Gasteiger partial charge in [0.15, 0.2) is 5.11 Å². The van der Waals surface area contributed by atoms with Crippen molar-refractivity contribution in [3.05, 3.63) is 0 Å². The minimum atomic E-state index is 0.200. The van der Waals surface area contributed by atoms with Crippen LogP contribution in [-0.2, 0) is 4.74 Å². The lowest BCUT2D eigenvalue weighted by molar-refractivity contribution is -0.0274. The topological polar surface area (TPSA) is 59.6 Å². The Morgan fingerprint density at radius 3 is 3.00 bits per heavy atom. The van der Waals surface area contributed by atoms with Gasteiger partial charge in [-0.1, -0.05) is 0 Å². The smallest absolute Gasteiger partial charge is 0.184 e. The largest absolute Gasteiger partial charge is 0.381 e. The molecule has 62 valence electrons. The van der Waals surface area contributed by atoms with Gasteiger partial charge in [0.1, 0.15) is 0 Å². The SMILES string of the molecule is NC(=S)N/N=C\CC1COC1. The van der Waals surface area contributed by atoms with E-state index >= 15 is 0 Å². The van der Waals surface area contributed by atoms with Crippen LogP contribution in [0.25, 0.3) is 0 Å². The molecule has 1 aliphatic rings. The molecule has 3 N–H and O–H groups in total. The fourth-order valence-electron chi connectivity index (χ4n) is 0.732. The normalized spacial score (nSPS) is 18.2. The first-order valence-electron chi connectivity index (χ1n) is 3.43. The number of nitrogens with one attached hydrogen (secondary N) is 1. The van der Waals surface area contributed by atoms with E-state index in [0.29, 0.717) is 5.92 Å². The summed E-state index contributed by atoms with van der Waals surface area (Å²) in [4.78, 5) is 0. The Morgan fingerprint density at radius 2 is 2.55 bits per heavy atom. The lowest BCUT2D eigenvalue weighted by Crippen LogP contribution is -2.28. The Morgan fingerprint density at radius 1 is 1.82 bits per heavy atom. The van der Waals surface area contributed by atoms with Crippen molar-refractivity contribution in [2.24, 2.45) is 16.8 Å². The van der Waals surface area contributed by atoms with Crippen molar-refractivity contribution in [1.29, 1.82) is 0 Å². The zero-order valence-electron chi connectivity index (χ0n) is 6.12. The first-order valence-corrected chi connectivity index (χ1v) is 3.84. The predicted molar refractivity (Wildman–Crippen MR) is 47.3 cm³/mol. The second-order valence-electron chi connectivity index (χ2n) is 2.43. The summed E-state index contributed by atoms with van der Waals surface area (Å²) in [5.74, 6) is 0.631. The third-order valence-corrected chi connectivity index (χ3v) is 1.50. The van der Waals surface area contributed by atoms with Crippen molar-refractivity contribution in [2.75, 3.05) is 13.2 Å². The van der Waals surface area contributed by atoms with Crippen LogP contribution in [-0.4, -0.2) is 24.5 Å². The second-order valence-corrected chi connectivity index (χ2v) is 2.87. The van der Waals surface area contributed by atoms with Crippen LogP contribution in [0.15, 0.2) is 5.10 Å². The molecule has 0 unspecified atom stereocenters. The summed E-state index contributed by atoms with van der Waals surface area (Å²) < 4.78 is 4.98. The molecule has 11 heavy (non-hydrogen) atoms. The molecule has 1 rings (SSSR count). The third kappa shape index (κ3) is 3.29. The van der Waals surface area contributed by atoms with Gasteiger partial charge in [-0.25, -0.2) is 0 Å². The fourth-order valence-corrected chi connectivity index (χ4v) is 0.784. The van der Waals surface area contributed by atoms with Gasteiger partial charge in [-0.3, -0.25) is 5.43 Å². The monoisotopic (exact) mass is 173 g/mol. The van der Waals surface area contributed by atoms with Crippen LogP contribution in [0.2, 0.25) is 0 Å². The highest BCUT2D eigenvalue weighted by atomic mass is 32.1. The van der Waals surface area contributed by atoms with Gasteiger partial charge in [-0.2, -0.15) is 5.10 Å². The maximum atomic E-state index is 5.14. The van der Waals surface area contributed by atoms with Crippen molar-refractivity contribution < 1.29 is 4.74 Å². The minimum absolute atomic E-state index is 0.200. The van der Waals surface area contributed by atoms with Crippen molar-refractivity contribution in [1.82, 2.24) is 5.43 Å². The van der Waals surface area contributed by atoms with E-state index in [2.05, 4.69) is 22.7 Å². The van der Waals surface area contributed by atoms with Gasteiger partial charge in [0, 0.05) is 12.1 Å². The first-order chi connectivity index (χ1) is 5.29. The summed E-state index contributed by atoms with van der Waals surface area (Å²) in [6.45, 7) is 1.69. The number of hydrogen-bond acceptors (Lipinski definition) is 3. The van der Waals surface area contributed by atoms with Gasteiger partial charge in [0.05, 0.1) is 13.2 Å². The molecule has 1 fully saturated rings. The summed E-state index contributed by atoms with van der Waals surface area (Å²) >= 11 is 4.55. The zero-order valence-corrected chi connectivity index (χ0v) is 6.93. The molecule has 4 nitrogen and oxygen atoms in total. The standard InChI is InChI=1S/C6H11N3OS/c7-6(11)9-8-2-1-5-3-10-4-5/h2,5H,1,3-4H2,(H3,7,9,11)/b8-2-. The molecule has 1 heterocycles. The molecule has 0 spiro atoms. The Balaban J connectivity index is 2.00. The van der Waals surface area contributed by atoms with Gasteiger partial charge in [0.25, 0.3) is 0 Å². The lowest BCUT2D eigenvalue weighted by Gasteiger charge is -2.23. The van der Waals surface area contributed by atoms with Crippen molar-refractivity contribution in [3.8, 4) is 0 Å². The quantitative estimate of drug-likeness (QED) is 0.354. The molecule has 0 atom stereocenters. The van der Waals surface area contributed by atoms with Crippen molar-refractivity contribution in [2.45, 2.75) is 6.42 Å². The Labute approximate surface area is 70.8 Å². The number of hydrogen-bond donors (Lipinski definition) is 2. The van der Waals surface area contributed by atoms with Gasteiger partial charge in [0.2, 0.25) is 0 Å². The maximum absolute atomic E-state index is 5.14. The molecule has 5 heteroatoms. The van der Waals surface area contributed by atoms with E-state index in [1.165, 1.54) is 0 Å². The average molecular weight is 173 g/mol. The molecule has 0 bridgehead atoms. The summed E-state index contributed by atoms with van der Waals surface area (Å²) in [7, 11) is 0. The highest BCUT2D eigenvalue weighted by molar-refractivity contribution is 7.80. The van der Waals surface area contributed by atoms with Crippen LogP contribution < -0.4 is 11.2 Å². The van der Waals surface area contributed by atoms with Crippen LogP contribution in [0.5, 0.6) is 0 Å².